The van der Waals surface area contributed by atoms with E-state index in [0.29, 0.717) is 27.4 Å². The molecule has 0 aromatic carbocycles. The summed E-state index contributed by atoms with van der Waals surface area (Å²) in [5.74, 6) is 0.189. The molecule has 0 radical (unpaired) electrons. The number of fused-ring (bicyclic) bond motifs is 1. The zero-order valence-corrected chi connectivity index (χ0v) is 17.1. The first-order valence-electron chi connectivity index (χ1n) is 9.35. The molecule has 0 aliphatic heterocycles. The molecule has 0 saturated carbocycles. The van der Waals surface area contributed by atoms with Gasteiger partial charge < -0.3 is 15.2 Å². The van der Waals surface area contributed by atoms with Gasteiger partial charge in [0.25, 0.3) is 5.91 Å². The number of carbonyl (C=O) groups excluding carboxylic acids is 1. The molecule has 1 unspecified atom stereocenters. The van der Waals surface area contributed by atoms with E-state index < -0.39 is 12.0 Å². The van der Waals surface area contributed by atoms with Gasteiger partial charge in [-0.05, 0) is 24.3 Å². The number of anilines is 1. The normalized spacial score (nSPS) is 11.7. The fourth-order valence-electron chi connectivity index (χ4n) is 2.84. The molecule has 0 saturated heterocycles. The van der Waals surface area contributed by atoms with E-state index in [9.17, 15) is 9.90 Å². The van der Waals surface area contributed by atoms with Crippen LogP contribution in [-0.4, -0.2) is 53.4 Å². The van der Waals surface area contributed by atoms with E-state index in [0.717, 1.165) is 0 Å². The highest BCUT2D eigenvalue weighted by Crippen LogP contribution is 2.26. The molecule has 4 rings (SSSR count). The first-order valence-corrected chi connectivity index (χ1v) is 9.72. The molecular weight excluding hydrogens is 436 g/mol. The Bertz CT molecular complexity index is 1300. The van der Waals surface area contributed by atoms with E-state index in [1.54, 1.807) is 18.3 Å². The SMILES string of the molecule is N#Cc1ccc(NC(=O)C(CCO)Oc2ncnc3c2cnn3-c2ncccc2Cl)nc1. The lowest BCUT2D eigenvalue weighted by Gasteiger charge is -2.17. The molecule has 0 fully saturated rings. The Morgan fingerprint density at radius 3 is 2.84 bits per heavy atom. The average molecular weight is 451 g/mol. The molecule has 12 heteroatoms. The number of hydrogen-bond donors (Lipinski definition) is 2. The summed E-state index contributed by atoms with van der Waals surface area (Å²) in [4.78, 5) is 29.3. The van der Waals surface area contributed by atoms with Crippen LogP contribution in [0.3, 0.4) is 0 Å². The van der Waals surface area contributed by atoms with E-state index in [-0.39, 0.29) is 24.7 Å². The molecule has 1 atom stereocenters. The van der Waals surface area contributed by atoms with Gasteiger partial charge in [0, 0.05) is 25.4 Å². The molecule has 4 aromatic heterocycles. The van der Waals surface area contributed by atoms with Crippen molar-refractivity contribution in [3.63, 3.8) is 0 Å². The van der Waals surface area contributed by atoms with Gasteiger partial charge in [0.05, 0.1) is 16.8 Å². The van der Waals surface area contributed by atoms with Crippen molar-refractivity contribution in [2.75, 3.05) is 11.9 Å². The molecule has 0 bridgehead atoms. The van der Waals surface area contributed by atoms with Gasteiger partial charge in [-0.15, -0.1) is 0 Å². The summed E-state index contributed by atoms with van der Waals surface area (Å²) in [6.45, 7) is -0.296. The lowest BCUT2D eigenvalue weighted by Crippen LogP contribution is -2.34. The molecule has 1 amide bonds. The van der Waals surface area contributed by atoms with Crippen LogP contribution in [0.15, 0.2) is 49.2 Å². The second-order valence-corrected chi connectivity index (χ2v) is 6.84. The lowest BCUT2D eigenvalue weighted by molar-refractivity contribution is -0.123. The van der Waals surface area contributed by atoms with Gasteiger partial charge in [0.1, 0.15) is 23.6 Å². The van der Waals surface area contributed by atoms with E-state index >= 15 is 0 Å². The summed E-state index contributed by atoms with van der Waals surface area (Å²) in [6, 6.07) is 8.34. The smallest absolute Gasteiger partial charge is 0.266 e. The highest BCUT2D eigenvalue weighted by atomic mass is 35.5. The zero-order chi connectivity index (χ0) is 22.5. The van der Waals surface area contributed by atoms with Gasteiger partial charge in [0.15, 0.2) is 17.6 Å². The van der Waals surface area contributed by atoms with Crippen LogP contribution in [0.5, 0.6) is 5.88 Å². The summed E-state index contributed by atoms with van der Waals surface area (Å²) in [7, 11) is 0. The highest BCUT2D eigenvalue weighted by Gasteiger charge is 2.24. The predicted molar refractivity (Wildman–Crippen MR) is 113 cm³/mol. The lowest BCUT2D eigenvalue weighted by atomic mass is 10.2. The molecule has 0 spiro atoms. The first kappa shape index (κ1) is 21.1. The molecular formula is C20H15ClN8O3. The van der Waals surface area contributed by atoms with E-state index in [4.69, 9.17) is 21.6 Å². The number of carbonyl (C=O) groups is 1. The maximum atomic E-state index is 12.7. The average Bonchev–Trinajstić information content (AvgIpc) is 3.24. The van der Waals surface area contributed by atoms with Crippen molar-refractivity contribution < 1.29 is 14.6 Å². The van der Waals surface area contributed by atoms with Crippen LogP contribution in [0.25, 0.3) is 16.9 Å². The number of amides is 1. The number of pyridine rings is 2. The maximum absolute atomic E-state index is 12.7. The monoisotopic (exact) mass is 450 g/mol. The minimum Gasteiger partial charge on any atom is -0.464 e. The van der Waals surface area contributed by atoms with E-state index in [1.165, 1.54) is 35.5 Å². The molecule has 0 aliphatic carbocycles. The second-order valence-electron chi connectivity index (χ2n) is 6.43. The van der Waals surface area contributed by atoms with Crippen molar-refractivity contribution >= 4 is 34.4 Å². The third-order valence-electron chi connectivity index (χ3n) is 4.35. The summed E-state index contributed by atoms with van der Waals surface area (Å²) in [5.41, 5.74) is 0.743. The number of halogens is 1. The van der Waals surface area contributed by atoms with Gasteiger partial charge in [-0.25, -0.2) is 19.9 Å². The van der Waals surface area contributed by atoms with Crippen molar-refractivity contribution in [2.45, 2.75) is 12.5 Å². The summed E-state index contributed by atoms with van der Waals surface area (Å²) in [6.07, 6.45) is 4.59. The van der Waals surface area contributed by atoms with Gasteiger partial charge in [-0.2, -0.15) is 15.0 Å². The molecule has 4 aromatic rings. The Morgan fingerprint density at radius 2 is 2.12 bits per heavy atom. The Hall–Kier alpha value is -4.14. The van der Waals surface area contributed by atoms with Crippen molar-refractivity contribution in [1.82, 2.24) is 29.7 Å². The topological polar surface area (TPSA) is 152 Å². The number of aliphatic hydroxyl groups excluding tert-OH is 1. The Balaban J connectivity index is 1.60. The summed E-state index contributed by atoms with van der Waals surface area (Å²) >= 11 is 6.22. The highest BCUT2D eigenvalue weighted by molar-refractivity contribution is 6.32. The minimum absolute atomic E-state index is 0.00775. The van der Waals surface area contributed by atoms with Gasteiger partial charge in [-0.1, -0.05) is 11.6 Å². The number of aromatic nitrogens is 6. The van der Waals surface area contributed by atoms with Crippen LogP contribution >= 0.6 is 11.6 Å². The van der Waals surface area contributed by atoms with Crippen LogP contribution in [0.4, 0.5) is 5.82 Å². The van der Waals surface area contributed by atoms with Gasteiger partial charge >= 0.3 is 0 Å². The third-order valence-corrected chi connectivity index (χ3v) is 4.65. The maximum Gasteiger partial charge on any atom is 0.266 e. The number of nitrogens with zero attached hydrogens (tertiary/aromatic N) is 7. The van der Waals surface area contributed by atoms with Crippen LogP contribution in [0, 0.1) is 11.3 Å². The molecule has 2 N–H and O–H groups in total. The fraction of sp³-hybridized carbons (Fsp3) is 0.150. The summed E-state index contributed by atoms with van der Waals surface area (Å²) in [5, 5.41) is 25.9. The zero-order valence-electron chi connectivity index (χ0n) is 16.4. The van der Waals surface area contributed by atoms with Crippen LogP contribution < -0.4 is 10.1 Å². The minimum atomic E-state index is -1.07. The van der Waals surface area contributed by atoms with Crippen molar-refractivity contribution in [2.24, 2.45) is 0 Å². The Morgan fingerprint density at radius 1 is 1.25 bits per heavy atom. The predicted octanol–water partition coefficient (Wildman–Crippen LogP) is 1.90. The van der Waals surface area contributed by atoms with Crippen molar-refractivity contribution in [1.29, 1.82) is 5.26 Å². The number of nitrogens with one attached hydrogen (secondary N) is 1. The van der Waals surface area contributed by atoms with Gasteiger partial charge in [0.2, 0.25) is 5.88 Å². The molecule has 4 heterocycles. The summed E-state index contributed by atoms with van der Waals surface area (Å²) < 4.78 is 7.26. The number of aliphatic hydroxyl groups is 1. The number of rotatable bonds is 7. The van der Waals surface area contributed by atoms with E-state index in [1.807, 2.05) is 6.07 Å². The third kappa shape index (κ3) is 4.31. The van der Waals surface area contributed by atoms with Crippen LogP contribution in [-0.2, 0) is 4.79 Å². The molecule has 0 aliphatic rings. The molecule has 32 heavy (non-hydrogen) atoms. The number of nitriles is 1. The number of ether oxygens (including phenoxy) is 1. The largest absolute Gasteiger partial charge is 0.464 e. The van der Waals surface area contributed by atoms with Crippen LogP contribution in [0.1, 0.15) is 12.0 Å². The fourth-order valence-corrected chi connectivity index (χ4v) is 3.04. The molecule has 11 nitrogen and oxygen atoms in total. The van der Waals surface area contributed by atoms with E-state index in [2.05, 4.69) is 30.4 Å². The quantitative estimate of drug-likeness (QED) is 0.429. The van der Waals surface area contributed by atoms with Crippen molar-refractivity contribution in [3.05, 3.63) is 59.8 Å². The first-order chi connectivity index (χ1) is 15.6. The molecule has 160 valence electrons. The Labute approximate surface area is 186 Å². The number of hydrogen-bond acceptors (Lipinski definition) is 9. The standard InChI is InChI=1S/C20H15ClN8O3/c21-14-2-1-6-23-18(14)29-17-13(10-27-29)20(26-11-25-17)32-15(5-7-30)19(31)28-16-4-3-12(8-22)9-24-16/h1-4,6,9-11,15,30H,5,7H2,(H,24,28,31). The Kier molecular flexibility index (Phi) is 6.16. The van der Waals surface area contributed by atoms with Crippen LogP contribution in [0.2, 0.25) is 5.02 Å². The van der Waals surface area contributed by atoms with Gasteiger partial charge in [-0.3, -0.25) is 4.79 Å². The second kappa shape index (κ2) is 9.34. The van der Waals surface area contributed by atoms with Crippen molar-refractivity contribution in [3.8, 4) is 17.8 Å².